The fourth-order valence-corrected chi connectivity index (χ4v) is 2.26. The van der Waals surface area contributed by atoms with Crippen LogP contribution in [-0.2, 0) is 0 Å². The second-order valence-corrected chi connectivity index (χ2v) is 4.82. The maximum Gasteiger partial charge on any atom is 0.228 e. The van der Waals surface area contributed by atoms with Crippen LogP contribution in [0.1, 0.15) is 12.1 Å². The molecule has 1 aliphatic rings. The van der Waals surface area contributed by atoms with Gasteiger partial charge in [-0.2, -0.15) is 4.98 Å². The first-order valence-corrected chi connectivity index (χ1v) is 6.80. The average Bonchev–Trinajstić information content (AvgIpc) is 2.45. The van der Waals surface area contributed by atoms with E-state index < -0.39 is 0 Å². The minimum atomic E-state index is 0.632. The highest BCUT2D eigenvalue weighted by atomic mass is 16.5. The van der Waals surface area contributed by atoms with Gasteiger partial charge in [0.25, 0.3) is 0 Å². The minimum absolute atomic E-state index is 0.632. The number of piperazine rings is 1. The van der Waals surface area contributed by atoms with Gasteiger partial charge < -0.3 is 15.4 Å². The standard InChI is InChI=1S/C13H23N5O/c1-11-10-12(19-2)16-13(15-11)18-8-6-17(7-9-18)5-3-4-14/h10H,3-9,14H2,1-2H3. The summed E-state index contributed by atoms with van der Waals surface area (Å²) in [6.07, 6.45) is 1.06. The molecule has 0 atom stereocenters. The molecule has 0 spiro atoms. The molecule has 1 aliphatic heterocycles. The molecule has 2 heterocycles. The fourth-order valence-electron chi connectivity index (χ4n) is 2.26. The summed E-state index contributed by atoms with van der Waals surface area (Å²) in [5.74, 6) is 1.41. The summed E-state index contributed by atoms with van der Waals surface area (Å²) in [7, 11) is 1.64. The van der Waals surface area contributed by atoms with Gasteiger partial charge in [0, 0.05) is 37.9 Å². The van der Waals surface area contributed by atoms with Crippen molar-refractivity contribution in [1.82, 2.24) is 14.9 Å². The van der Waals surface area contributed by atoms with E-state index in [4.69, 9.17) is 10.5 Å². The van der Waals surface area contributed by atoms with Crippen LogP contribution >= 0.6 is 0 Å². The molecule has 1 aromatic rings. The zero-order valence-electron chi connectivity index (χ0n) is 11.8. The van der Waals surface area contributed by atoms with Crippen LogP contribution in [0, 0.1) is 6.92 Å². The molecule has 1 aromatic heterocycles. The Morgan fingerprint density at radius 2 is 2.00 bits per heavy atom. The molecule has 0 amide bonds. The van der Waals surface area contributed by atoms with Gasteiger partial charge in [-0.05, 0) is 26.4 Å². The number of hydrogen-bond acceptors (Lipinski definition) is 6. The Labute approximate surface area is 114 Å². The number of methoxy groups -OCH3 is 1. The van der Waals surface area contributed by atoms with Crippen LogP contribution in [0.3, 0.4) is 0 Å². The molecule has 0 bridgehead atoms. The summed E-state index contributed by atoms with van der Waals surface area (Å²) in [6, 6.07) is 1.85. The molecule has 1 saturated heterocycles. The summed E-state index contributed by atoms with van der Waals surface area (Å²) in [6.45, 7) is 7.81. The molecule has 2 N–H and O–H groups in total. The number of ether oxygens (including phenoxy) is 1. The zero-order chi connectivity index (χ0) is 13.7. The van der Waals surface area contributed by atoms with E-state index in [0.717, 1.165) is 57.3 Å². The molecule has 0 aromatic carbocycles. The first kappa shape index (κ1) is 14.0. The van der Waals surface area contributed by atoms with Gasteiger partial charge in [-0.25, -0.2) is 4.98 Å². The van der Waals surface area contributed by atoms with E-state index in [-0.39, 0.29) is 0 Å². The molecule has 106 valence electrons. The average molecular weight is 265 g/mol. The highest BCUT2D eigenvalue weighted by Gasteiger charge is 2.19. The van der Waals surface area contributed by atoms with E-state index in [2.05, 4.69) is 19.8 Å². The third kappa shape index (κ3) is 3.78. The van der Waals surface area contributed by atoms with Gasteiger partial charge in [-0.1, -0.05) is 0 Å². The van der Waals surface area contributed by atoms with Gasteiger partial charge in [-0.3, -0.25) is 4.90 Å². The van der Waals surface area contributed by atoms with Crippen LogP contribution < -0.4 is 15.4 Å². The van der Waals surface area contributed by atoms with Gasteiger partial charge in [-0.15, -0.1) is 0 Å². The van der Waals surface area contributed by atoms with E-state index in [9.17, 15) is 0 Å². The Balaban J connectivity index is 1.95. The van der Waals surface area contributed by atoms with Gasteiger partial charge in [0.05, 0.1) is 7.11 Å². The highest BCUT2D eigenvalue weighted by molar-refractivity contribution is 5.34. The lowest BCUT2D eigenvalue weighted by molar-refractivity contribution is 0.255. The van der Waals surface area contributed by atoms with E-state index in [1.165, 1.54) is 0 Å². The molecule has 6 nitrogen and oxygen atoms in total. The Morgan fingerprint density at radius 1 is 1.26 bits per heavy atom. The third-order valence-electron chi connectivity index (χ3n) is 3.36. The van der Waals surface area contributed by atoms with Crippen molar-refractivity contribution in [2.45, 2.75) is 13.3 Å². The van der Waals surface area contributed by atoms with Crippen LogP contribution in [0.5, 0.6) is 5.88 Å². The summed E-state index contributed by atoms with van der Waals surface area (Å²) < 4.78 is 5.20. The normalized spacial score (nSPS) is 16.7. The molecule has 0 saturated carbocycles. The summed E-state index contributed by atoms with van der Waals surface area (Å²) >= 11 is 0. The Bertz CT molecular complexity index is 404. The fraction of sp³-hybridized carbons (Fsp3) is 0.692. The molecule has 2 rings (SSSR count). The lowest BCUT2D eigenvalue weighted by atomic mass is 10.3. The lowest BCUT2D eigenvalue weighted by Gasteiger charge is -2.34. The minimum Gasteiger partial charge on any atom is -0.481 e. The summed E-state index contributed by atoms with van der Waals surface area (Å²) in [4.78, 5) is 13.6. The van der Waals surface area contributed by atoms with E-state index in [0.29, 0.717) is 5.88 Å². The monoisotopic (exact) mass is 265 g/mol. The van der Waals surface area contributed by atoms with Crippen molar-refractivity contribution in [3.8, 4) is 5.88 Å². The number of nitrogens with zero attached hydrogens (tertiary/aromatic N) is 4. The predicted octanol–water partition coefficient (Wildman–Crippen LogP) is 0.264. The van der Waals surface area contributed by atoms with Crippen LogP contribution in [0.2, 0.25) is 0 Å². The summed E-state index contributed by atoms with van der Waals surface area (Å²) in [5, 5.41) is 0. The predicted molar refractivity (Wildman–Crippen MR) is 75.6 cm³/mol. The Hall–Kier alpha value is -1.40. The number of rotatable bonds is 5. The van der Waals surface area contributed by atoms with Gasteiger partial charge in [0.2, 0.25) is 11.8 Å². The molecule has 6 heteroatoms. The Morgan fingerprint density at radius 3 is 2.63 bits per heavy atom. The van der Waals surface area contributed by atoms with E-state index >= 15 is 0 Å². The van der Waals surface area contributed by atoms with E-state index in [1.807, 2.05) is 13.0 Å². The van der Waals surface area contributed by atoms with Crippen LogP contribution in [0.25, 0.3) is 0 Å². The largest absolute Gasteiger partial charge is 0.481 e. The molecule has 0 aliphatic carbocycles. The van der Waals surface area contributed by atoms with Crippen molar-refractivity contribution in [1.29, 1.82) is 0 Å². The topological polar surface area (TPSA) is 67.5 Å². The number of aryl methyl sites for hydroxylation is 1. The van der Waals surface area contributed by atoms with Crippen molar-refractivity contribution in [2.24, 2.45) is 5.73 Å². The van der Waals surface area contributed by atoms with Gasteiger partial charge in [0.1, 0.15) is 0 Å². The number of hydrogen-bond donors (Lipinski definition) is 1. The Kier molecular flexibility index (Phi) is 4.93. The van der Waals surface area contributed by atoms with Crippen molar-refractivity contribution in [3.05, 3.63) is 11.8 Å². The quantitative estimate of drug-likeness (QED) is 0.824. The van der Waals surface area contributed by atoms with Gasteiger partial charge >= 0.3 is 0 Å². The highest BCUT2D eigenvalue weighted by Crippen LogP contribution is 2.16. The van der Waals surface area contributed by atoms with Crippen molar-refractivity contribution < 1.29 is 4.74 Å². The molecular weight excluding hydrogens is 242 g/mol. The molecule has 0 radical (unpaired) electrons. The van der Waals surface area contributed by atoms with Crippen molar-refractivity contribution in [3.63, 3.8) is 0 Å². The second kappa shape index (κ2) is 6.68. The van der Waals surface area contributed by atoms with Crippen LogP contribution in [0.15, 0.2) is 6.07 Å². The maximum absolute atomic E-state index is 5.54. The molecule has 19 heavy (non-hydrogen) atoms. The number of anilines is 1. The van der Waals surface area contributed by atoms with Gasteiger partial charge in [0.15, 0.2) is 0 Å². The van der Waals surface area contributed by atoms with Crippen LogP contribution in [-0.4, -0.2) is 61.2 Å². The smallest absolute Gasteiger partial charge is 0.228 e. The lowest BCUT2D eigenvalue weighted by Crippen LogP contribution is -2.47. The maximum atomic E-state index is 5.54. The third-order valence-corrected chi connectivity index (χ3v) is 3.36. The summed E-state index contributed by atoms with van der Waals surface area (Å²) in [5.41, 5.74) is 6.48. The molecule has 1 fully saturated rings. The van der Waals surface area contributed by atoms with Crippen molar-refractivity contribution in [2.75, 3.05) is 51.3 Å². The first-order valence-electron chi connectivity index (χ1n) is 6.80. The SMILES string of the molecule is COc1cc(C)nc(N2CCN(CCCN)CC2)n1. The second-order valence-electron chi connectivity index (χ2n) is 4.82. The van der Waals surface area contributed by atoms with Crippen molar-refractivity contribution >= 4 is 5.95 Å². The zero-order valence-corrected chi connectivity index (χ0v) is 11.8. The molecule has 0 unspecified atom stereocenters. The molecular formula is C13H23N5O. The number of nitrogens with two attached hydrogens (primary N) is 1. The first-order chi connectivity index (χ1) is 9.22. The number of aromatic nitrogens is 2. The van der Waals surface area contributed by atoms with E-state index in [1.54, 1.807) is 7.11 Å². The van der Waals surface area contributed by atoms with Crippen LogP contribution in [0.4, 0.5) is 5.95 Å².